The van der Waals surface area contributed by atoms with E-state index in [-0.39, 0.29) is 24.3 Å². The van der Waals surface area contributed by atoms with Gasteiger partial charge in [0.05, 0.1) is 0 Å². The van der Waals surface area contributed by atoms with Crippen LogP contribution in [-0.2, 0) is 17.8 Å². The Bertz CT molecular complexity index is 1050. The van der Waals surface area contributed by atoms with E-state index >= 15 is 0 Å². The van der Waals surface area contributed by atoms with E-state index in [0.29, 0.717) is 23.6 Å². The zero-order chi connectivity index (χ0) is 20.5. The highest BCUT2D eigenvalue weighted by Crippen LogP contribution is 2.41. The molecule has 2 aromatic rings. The van der Waals surface area contributed by atoms with Crippen LogP contribution in [0.2, 0.25) is 0 Å². The molecule has 0 spiro atoms. The maximum Gasteiger partial charge on any atom is 0.501 e. The lowest BCUT2D eigenvalue weighted by atomic mass is 9.97. The Labute approximate surface area is 173 Å². The number of imide groups is 1. The molecule has 3 amide bonds. The molecule has 148 valence electrons. The Balaban J connectivity index is 1.68. The van der Waals surface area contributed by atoms with E-state index in [4.69, 9.17) is 0 Å². The van der Waals surface area contributed by atoms with E-state index < -0.39 is 5.92 Å². The van der Waals surface area contributed by atoms with Gasteiger partial charge < -0.3 is 0 Å². The van der Waals surface area contributed by atoms with Crippen molar-refractivity contribution >= 4 is 28.7 Å². The largest absolute Gasteiger partial charge is 0.501 e. The van der Waals surface area contributed by atoms with E-state index in [0.717, 1.165) is 16.0 Å². The summed E-state index contributed by atoms with van der Waals surface area (Å²) in [5, 5.41) is 0.689. The van der Waals surface area contributed by atoms with Crippen molar-refractivity contribution in [2.75, 3.05) is 6.54 Å². The number of allylic oxidation sites excluding steroid dienone is 1. The summed E-state index contributed by atoms with van der Waals surface area (Å²) in [5.41, 5.74) is 2.46. The third kappa shape index (κ3) is 3.65. The molecule has 0 radical (unpaired) electrons. The lowest BCUT2D eigenvalue weighted by Gasteiger charge is -2.25. The van der Waals surface area contributed by atoms with Crippen LogP contribution in [0.1, 0.15) is 25.0 Å². The predicted octanol–water partition coefficient (Wildman–Crippen LogP) is 4.60. The fraction of sp³-hybridized carbons (Fsp3) is 0.261. The molecule has 2 aromatic carbocycles. The zero-order valence-electron chi connectivity index (χ0n) is 16.4. The summed E-state index contributed by atoms with van der Waals surface area (Å²) in [7, 11) is 0. The fourth-order valence-electron chi connectivity index (χ4n) is 3.71. The molecule has 29 heavy (non-hydrogen) atoms. The van der Waals surface area contributed by atoms with Gasteiger partial charge in [0.1, 0.15) is 18.9 Å². The predicted molar refractivity (Wildman–Crippen MR) is 112 cm³/mol. The number of urea groups is 1. The van der Waals surface area contributed by atoms with E-state index in [2.05, 4.69) is 0 Å². The number of fused-ring (bicyclic) bond motifs is 1. The highest BCUT2D eigenvalue weighted by molar-refractivity contribution is 8.17. The summed E-state index contributed by atoms with van der Waals surface area (Å²) in [5.74, 6) is -0.998. The molecule has 0 saturated carbocycles. The first-order chi connectivity index (χ1) is 14.0. The average Bonchev–Trinajstić information content (AvgIpc) is 3.02. The second kappa shape index (κ2) is 7.95. The molecule has 0 bridgehead atoms. The Morgan fingerprint density at radius 1 is 1.03 bits per heavy atom. The second-order valence-corrected chi connectivity index (χ2v) is 8.53. The maximum absolute atomic E-state index is 14.3. The summed E-state index contributed by atoms with van der Waals surface area (Å²) >= 11 is 1.45. The molecule has 0 fully saturated rings. The molecule has 4 rings (SSSR count). The Morgan fingerprint density at radius 3 is 2.45 bits per heavy atom. The van der Waals surface area contributed by atoms with Crippen molar-refractivity contribution in [3.63, 3.8) is 0 Å². The van der Waals surface area contributed by atoms with Crippen LogP contribution in [-0.4, -0.2) is 33.0 Å². The summed E-state index contributed by atoms with van der Waals surface area (Å²) in [4.78, 5) is 28.8. The minimum Gasteiger partial charge on any atom is -0.245 e. The number of halogens is 1. The molecule has 2 aliphatic rings. The third-order valence-corrected chi connectivity index (χ3v) is 6.78. The van der Waals surface area contributed by atoms with E-state index in [1.807, 2.05) is 44.2 Å². The van der Waals surface area contributed by atoms with Gasteiger partial charge in [-0.15, -0.1) is 0 Å². The number of hydrogen-bond donors (Lipinski definition) is 0. The minimum atomic E-state index is -0.458. The van der Waals surface area contributed by atoms with Crippen molar-refractivity contribution in [1.82, 2.24) is 4.90 Å². The first-order valence-corrected chi connectivity index (χ1v) is 10.4. The molecule has 6 heteroatoms. The minimum absolute atomic E-state index is 0.111. The van der Waals surface area contributed by atoms with Gasteiger partial charge in [0.15, 0.2) is 11.0 Å². The number of amides is 3. The van der Waals surface area contributed by atoms with Gasteiger partial charge >= 0.3 is 11.9 Å². The summed E-state index contributed by atoms with van der Waals surface area (Å²) in [6.07, 6.45) is 0.586. The number of carbonyl (C=O) groups is 2. The number of hydrogen-bond acceptors (Lipinski definition) is 3. The molecule has 0 aromatic heterocycles. The molecule has 2 aliphatic heterocycles. The fourth-order valence-corrected chi connectivity index (χ4v) is 4.95. The molecule has 1 unspecified atom stereocenters. The van der Waals surface area contributed by atoms with Crippen molar-refractivity contribution in [1.29, 1.82) is 0 Å². The Morgan fingerprint density at radius 2 is 1.72 bits per heavy atom. The highest BCUT2D eigenvalue weighted by atomic mass is 32.2. The Kier molecular flexibility index (Phi) is 5.37. The van der Waals surface area contributed by atoms with Crippen molar-refractivity contribution in [3.8, 4) is 0 Å². The highest BCUT2D eigenvalue weighted by Gasteiger charge is 2.51. The number of benzene rings is 2. The molecule has 0 saturated heterocycles. The second-order valence-electron chi connectivity index (χ2n) is 7.30. The first-order valence-electron chi connectivity index (χ1n) is 9.59. The third-order valence-electron chi connectivity index (χ3n) is 5.49. The van der Waals surface area contributed by atoms with Crippen LogP contribution >= 0.6 is 11.8 Å². The quantitative estimate of drug-likeness (QED) is 0.678. The van der Waals surface area contributed by atoms with Crippen LogP contribution in [0.3, 0.4) is 0 Å². The van der Waals surface area contributed by atoms with Gasteiger partial charge in [-0.25, -0.2) is 9.18 Å². The monoisotopic (exact) mass is 409 g/mol. The van der Waals surface area contributed by atoms with E-state index in [1.165, 1.54) is 22.7 Å². The van der Waals surface area contributed by atoms with Gasteiger partial charge in [-0.3, -0.25) is 0 Å². The smallest absolute Gasteiger partial charge is 0.245 e. The summed E-state index contributed by atoms with van der Waals surface area (Å²) in [6, 6.07) is 15.8. The molecular formula is C23H22FN2O2S+. The van der Waals surface area contributed by atoms with Gasteiger partial charge in [-0.05, 0) is 36.0 Å². The number of carbonyl (C=O) groups excluding carboxylic acids is 2. The summed E-state index contributed by atoms with van der Waals surface area (Å²) < 4.78 is 15.8. The van der Waals surface area contributed by atoms with Gasteiger partial charge in [0, 0.05) is 12.0 Å². The standard InChI is InChI=1S/C23H22FN2O2S/c1-15-16(2)29-22-20(15)21(27)25(13-12-17-8-4-3-5-9-17)23(28)26(22)14-18-10-6-7-11-19(18)24/h3-11,20H,12-14H2,1-2H3/q+1. The molecule has 0 N–H and O–H groups in total. The van der Waals surface area contributed by atoms with Crippen molar-refractivity contribution in [2.45, 2.75) is 26.8 Å². The van der Waals surface area contributed by atoms with Crippen LogP contribution < -0.4 is 0 Å². The SMILES string of the molecule is CC1=C(C)C2C(=O)N(CCc3ccccc3)C(=O)[N+](Cc3ccccc3F)=C2S1. The molecule has 2 heterocycles. The number of nitrogens with zero attached hydrogens (tertiary/aromatic N) is 2. The van der Waals surface area contributed by atoms with Crippen molar-refractivity contribution in [3.05, 3.63) is 82.0 Å². The van der Waals surface area contributed by atoms with Gasteiger partial charge in [-0.1, -0.05) is 60.3 Å². The van der Waals surface area contributed by atoms with Crippen LogP contribution in [0.15, 0.2) is 65.1 Å². The Hall–Kier alpha value is -2.73. The normalized spacial score (nSPS) is 19.3. The molecule has 4 nitrogen and oxygen atoms in total. The maximum atomic E-state index is 14.3. The zero-order valence-corrected chi connectivity index (χ0v) is 17.2. The van der Waals surface area contributed by atoms with Crippen LogP contribution in [0.25, 0.3) is 0 Å². The first kappa shape index (κ1) is 19.6. The van der Waals surface area contributed by atoms with E-state index in [1.54, 1.807) is 22.8 Å². The van der Waals surface area contributed by atoms with Crippen molar-refractivity contribution in [2.24, 2.45) is 5.92 Å². The van der Waals surface area contributed by atoms with Crippen LogP contribution in [0.5, 0.6) is 0 Å². The molecule has 1 atom stereocenters. The lowest BCUT2D eigenvalue weighted by Crippen LogP contribution is -2.53. The van der Waals surface area contributed by atoms with Gasteiger partial charge in [0.2, 0.25) is 0 Å². The lowest BCUT2D eigenvalue weighted by molar-refractivity contribution is -0.454. The number of thioether (sulfide) groups is 1. The van der Waals surface area contributed by atoms with Gasteiger partial charge in [-0.2, -0.15) is 14.3 Å². The number of rotatable bonds is 5. The average molecular weight is 410 g/mol. The van der Waals surface area contributed by atoms with Crippen LogP contribution in [0, 0.1) is 11.7 Å². The van der Waals surface area contributed by atoms with E-state index in [9.17, 15) is 14.0 Å². The molecular weight excluding hydrogens is 387 g/mol. The van der Waals surface area contributed by atoms with Gasteiger partial charge in [0.25, 0.3) is 0 Å². The van der Waals surface area contributed by atoms with Crippen LogP contribution in [0.4, 0.5) is 9.18 Å². The molecule has 0 aliphatic carbocycles. The summed E-state index contributed by atoms with van der Waals surface area (Å²) in [6.45, 7) is 4.30. The topological polar surface area (TPSA) is 40.4 Å². The van der Waals surface area contributed by atoms with Crippen molar-refractivity contribution < 1.29 is 18.6 Å².